The summed E-state index contributed by atoms with van der Waals surface area (Å²) in [5.74, 6) is 0.365. The second kappa shape index (κ2) is 3.26. The minimum absolute atomic E-state index is 0.365. The average Bonchev–Trinajstić information content (AvgIpc) is 2.57. The predicted molar refractivity (Wildman–Crippen MR) is 53.3 cm³/mol. The van der Waals surface area contributed by atoms with Crippen LogP contribution in [0.4, 0.5) is 5.82 Å². The maximum absolute atomic E-state index is 5.91. The summed E-state index contributed by atoms with van der Waals surface area (Å²) in [5, 5.41) is 8.52. The second-order valence-electron chi connectivity index (χ2n) is 2.82. The molecular formula is C8H8ClN5. The molecule has 2 heterocycles. The summed E-state index contributed by atoms with van der Waals surface area (Å²) in [6, 6.07) is 0. The molecule has 0 aliphatic rings. The van der Waals surface area contributed by atoms with E-state index in [9.17, 15) is 0 Å². The monoisotopic (exact) mass is 209 g/mol. The lowest BCUT2D eigenvalue weighted by molar-refractivity contribution is 0.745. The van der Waals surface area contributed by atoms with Gasteiger partial charge in [0.05, 0.1) is 17.4 Å². The molecule has 0 amide bonds. The Morgan fingerprint density at radius 2 is 2.14 bits per heavy atom. The molecule has 0 spiro atoms. The first-order valence-electron chi connectivity index (χ1n) is 3.97. The highest BCUT2D eigenvalue weighted by Crippen LogP contribution is 2.19. The summed E-state index contributed by atoms with van der Waals surface area (Å²) in [7, 11) is 0. The van der Waals surface area contributed by atoms with Gasteiger partial charge >= 0.3 is 0 Å². The van der Waals surface area contributed by atoms with Crippen molar-refractivity contribution in [2.75, 3.05) is 5.73 Å². The molecule has 0 saturated heterocycles. The number of hydrogen-bond donors (Lipinski definition) is 1. The molecule has 0 fully saturated rings. The van der Waals surface area contributed by atoms with Gasteiger partial charge in [-0.1, -0.05) is 11.6 Å². The quantitative estimate of drug-likeness (QED) is 0.767. The van der Waals surface area contributed by atoms with Crippen molar-refractivity contribution in [2.45, 2.75) is 6.92 Å². The number of halogens is 1. The molecule has 2 N–H and O–H groups in total. The lowest BCUT2D eigenvalue weighted by atomic mass is 10.2. The third-order valence-corrected chi connectivity index (χ3v) is 2.23. The molecule has 0 radical (unpaired) electrons. The van der Waals surface area contributed by atoms with Crippen LogP contribution in [0.3, 0.4) is 0 Å². The number of pyridine rings is 1. The second-order valence-corrected chi connectivity index (χ2v) is 3.23. The van der Waals surface area contributed by atoms with Gasteiger partial charge in [0.25, 0.3) is 0 Å². The predicted octanol–water partition coefficient (Wildman–Crippen LogP) is 1.21. The molecule has 0 aromatic carbocycles. The van der Waals surface area contributed by atoms with Crippen molar-refractivity contribution in [2.24, 2.45) is 0 Å². The van der Waals surface area contributed by atoms with Gasteiger partial charge in [0.2, 0.25) is 0 Å². The summed E-state index contributed by atoms with van der Waals surface area (Å²) < 4.78 is 0. The van der Waals surface area contributed by atoms with Gasteiger partial charge in [-0.05, 0) is 12.5 Å². The highest BCUT2D eigenvalue weighted by Gasteiger charge is 2.06. The van der Waals surface area contributed by atoms with Crippen molar-refractivity contribution >= 4 is 17.4 Å². The molecule has 0 bridgehead atoms. The lowest BCUT2D eigenvalue weighted by Crippen LogP contribution is -2.02. The Labute approximate surface area is 85.5 Å². The Hall–Kier alpha value is -1.62. The van der Waals surface area contributed by atoms with E-state index in [1.807, 2.05) is 6.92 Å². The van der Waals surface area contributed by atoms with Crippen LogP contribution in [0.2, 0.25) is 5.02 Å². The van der Waals surface area contributed by atoms with Crippen LogP contribution < -0.4 is 5.73 Å². The van der Waals surface area contributed by atoms with Crippen LogP contribution in [0.25, 0.3) is 5.69 Å². The van der Waals surface area contributed by atoms with Gasteiger partial charge in [-0.15, -0.1) is 9.90 Å². The van der Waals surface area contributed by atoms with E-state index < -0.39 is 0 Å². The SMILES string of the molecule is Cc1c(Cl)cncc1-n1ncc(N)n1. The van der Waals surface area contributed by atoms with Crippen molar-refractivity contribution in [1.29, 1.82) is 0 Å². The van der Waals surface area contributed by atoms with Crippen molar-refractivity contribution < 1.29 is 0 Å². The highest BCUT2D eigenvalue weighted by molar-refractivity contribution is 6.31. The first-order valence-corrected chi connectivity index (χ1v) is 4.34. The summed E-state index contributed by atoms with van der Waals surface area (Å²) in [4.78, 5) is 5.36. The summed E-state index contributed by atoms with van der Waals surface area (Å²) in [5.41, 5.74) is 7.06. The lowest BCUT2D eigenvalue weighted by Gasteiger charge is -2.03. The van der Waals surface area contributed by atoms with E-state index in [0.29, 0.717) is 10.8 Å². The molecule has 0 atom stereocenters. The van der Waals surface area contributed by atoms with Crippen molar-refractivity contribution in [3.63, 3.8) is 0 Å². The van der Waals surface area contributed by atoms with Gasteiger partial charge in [-0.25, -0.2) is 0 Å². The number of nitrogens with zero attached hydrogens (tertiary/aromatic N) is 4. The number of hydrogen-bond acceptors (Lipinski definition) is 4. The van der Waals surface area contributed by atoms with Gasteiger partial charge < -0.3 is 5.73 Å². The zero-order chi connectivity index (χ0) is 10.1. The third-order valence-electron chi connectivity index (χ3n) is 1.85. The fraction of sp³-hybridized carbons (Fsp3) is 0.125. The van der Waals surface area contributed by atoms with Crippen LogP contribution in [-0.4, -0.2) is 20.0 Å². The molecule has 14 heavy (non-hydrogen) atoms. The first-order chi connectivity index (χ1) is 6.68. The van der Waals surface area contributed by atoms with Crippen LogP contribution in [0.5, 0.6) is 0 Å². The van der Waals surface area contributed by atoms with E-state index in [-0.39, 0.29) is 0 Å². The molecule has 2 rings (SSSR count). The summed E-state index contributed by atoms with van der Waals surface area (Å²) in [6.07, 6.45) is 4.69. The molecule has 2 aromatic rings. The van der Waals surface area contributed by atoms with E-state index >= 15 is 0 Å². The number of aromatic nitrogens is 4. The van der Waals surface area contributed by atoms with E-state index in [2.05, 4.69) is 15.2 Å². The smallest absolute Gasteiger partial charge is 0.166 e. The molecule has 6 heteroatoms. The molecule has 72 valence electrons. The molecule has 0 saturated carbocycles. The molecular weight excluding hydrogens is 202 g/mol. The van der Waals surface area contributed by atoms with Crippen LogP contribution in [0.15, 0.2) is 18.6 Å². The Bertz CT molecular complexity index is 465. The van der Waals surface area contributed by atoms with Crippen molar-refractivity contribution in [3.05, 3.63) is 29.2 Å². The van der Waals surface area contributed by atoms with Crippen LogP contribution in [0.1, 0.15) is 5.56 Å². The number of rotatable bonds is 1. The maximum Gasteiger partial charge on any atom is 0.166 e. The Morgan fingerprint density at radius 3 is 2.79 bits per heavy atom. The Morgan fingerprint density at radius 1 is 1.36 bits per heavy atom. The number of nitrogens with two attached hydrogens (primary N) is 1. The van der Waals surface area contributed by atoms with E-state index in [1.165, 1.54) is 11.0 Å². The minimum atomic E-state index is 0.365. The zero-order valence-electron chi connectivity index (χ0n) is 7.48. The summed E-state index contributed by atoms with van der Waals surface area (Å²) in [6.45, 7) is 1.87. The minimum Gasteiger partial charge on any atom is -0.381 e. The molecule has 0 aliphatic carbocycles. The molecule has 0 unspecified atom stereocenters. The largest absolute Gasteiger partial charge is 0.381 e. The molecule has 5 nitrogen and oxygen atoms in total. The van der Waals surface area contributed by atoms with Crippen LogP contribution >= 0.6 is 11.6 Å². The van der Waals surface area contributed by atoms with Gasteiger partial charge in [-0.3, -0.25) is 4.98 Å². The molecule has 2 aromatic heterocycles. The number of anilines is 1. The Balaban J connectivity index is 2.57. The van der Waals surface area contributed by atoms with Crippen LogP contribution in [-0.2, 0) is 0 Å². The van der Waals surface area contributed by atoms with Crippen LogP contribution in [0, 0.1) is 6.92 Å². The molecule has 0 aliphatic heterocycles. The summed E-state index contributed by atoms with van der Waals surface area (Å²) >= 11 is 5.91. The van der Waals surface area contributed by atoms with Gasteiger partial charge in [-0.2, -0.15) is 5.10 Å². The zero-order valence-corrected chi connectivity index (χ0v) is 8.23. The van der Waals surface area contributed by atoms with E-state index in [0.717, 1.165) is 11.3 Å². The topological polar surface area (TPSA) is 69.6 Å². The fourth-order valence-electron chi connectivity index (χ4n) is 1.08. The number of nitrogen functional groups attached to an aromatic ring is 1. The average molecular weight is 210 g/mol. The van der Waals surface area contributed by atoms with Crippen molar-refractivity contribution in [1.82, 2.24) is 20.0 Å². The maximum atomic E-state index is 5.91. The third kappa shape index (κ3) is 1.42. The standard InChI is InChI=1S/C8H8ClN5/c1-5-6(9)2-11-3-7(5)14-12-4-8(10)13-14/h2-4H,1H3,(H2,10,13). The fourth-order valence-corrected chi connectivity index (χ4v) is 1.24. The van der Waals surface area contributed by atoms with E-state index in [4.69, 9.17) is 17.3 Å². The van der Waals surface area contributed by atoms with Gasteiger partial charge in [0, 0.05) is 6.20 Å². The Kier molecular flexibility index (Phi) is 2.09. The van der Waals surface area contributed by atoms with Crippen molar-refractivity contribution in [3.8, 4) is 5.69 Å². The normalized spacial score (nSPS) is 10.4. The first kappa shape index (κ1) is 8.96. The highest BCUT2D eigenvalue weighted by atomic mass is 35.5. The van der Waals surface area contributed by atoms with Gasteiger partial charge in [0.15, 0.2) is 5.82 Å². The van der Waals surface area contributed by atoms with E-state index in [1.54, 1.807) is 12.4 Å². The van der Waals surface area contributed by atoms with Gasteiger partial charge in [0.1, 0.15) is 5.69 Å².